The van der Waals surface area contributed by atoms with Crippen LogP contribution in [-0.2, 0) is 18.9 Å². The largest absolute Gasteiger partial charge is 0.394 e. The molecule has 166 valence electrons. The van der Waals surface area contributed by atoms with Crippen LogP contribution in [0.3, 0.4) is 0 Å². The number of aliphatic hydroxyl groups excluding tert-OH is 8. The Kier molecular flexibility index (Phi) is 8.51. The molecule has 0 aromatic rings. The molecule has 12 heteroatoms. The number of rotatable bonds is 7. The van der Waals surface area contributed by atoms with E-state index in [0.717, 1.165) is 0 Å². The van der Waals surface area contributed by atoms with Crippen LogP contribution in [0.2, 0.25) is 0 Å². The van der Waals surface area contributed by atoms with Crippen molar-refractivity contribution < 1.29 is 59.8 Å². The van der Waals surface area contributed by atoms with Gasteiger partial charge in [-0.15, -0.1) is 0 Å². The Hall–Kier alpha value is -0.480. The van der Waals surface area contributed by atoms with Gasteiger partial charge < -0.3 is 59.8 Å². The molecule has 0 saturated carbocycles. The third-order valence-electron chi connectivity index (χ3n) is 4.99. The second-order valence-corrected chi connectivity index (χ2v) is 7.08. The van der Waals surface area contributed by atoms with Gasteiger partial charge in [0.25, 0.3) is 0 Å². The SMILES string of the molecule is C[C@H]1OC(O[C@@H]2[C@H](O)[C@@H](O[C@H](CO)[C@H](O)CO)O[C@H](C)[C@H]2O)[C@@H](O)[C@@H](O)[C@@H]1O. The second kappa shape index (κ2) is 10.0. The summed E-state index contributed by atoms with van der Waals surface area (Å²) in [6.45, 7) is 1.53. The van der Waals surface area contributed by atoms with Crippen molar-refractivity contribution in [3.05, 3.63) is 0 Å². The van der Waals surface area contributed by atoms with Crippen LogP contribution in [0.4, 0.5) is 0 Å². The van der Waals surface area contributed by atoms with Crippen molar-refractivity contribution in [2.75, 3.05) is 13.2 Å². The van der Waals surface area contributed by atoms with Crippen LogP contribution >= 0.6 is 0 Å². The molecule has 1 unspecified atom stereocenters. The van der Waals surface area contributed by atoms with Crippen LogP contribution < -0.4 is 0 Å². The summed E-state index contributed by atoms with van der Waals surface area (Å²) < 4.78 is 21.5. The maximum absolute atomic E-state index is 10.5. The first kappa shape index (κ1) is 23.8. The highest BCUT2D eigenvalue weighted by Crippen LogP contribution is 2.30. The summed E-state index contributed by atoms with van der Waals surface area (Å²) in [6.07, 6.45) is -16.4. The molecule has 12 nitrogen and oxygen atoms in total. The Morgan fingerprint density at radius 2 is 1.32 bits per heavy atom. The van der Waals surface area contributed by atoms with Crippen LogP contribution in [0.1, 0.15) is 13.8 Å². The lowest BCUT2D eigenvalue weighted by atomic mass is 9.97. The van der Waals surface area contributed by atoms with Gasteiger partial charge in [0.1, 0.15) is 48.8 Å². The summed E-state index contributed by atoms with van der Waals surface area (Å²) in [5, 5.41) is 78.4. The van der Waals surface area contributed by atoms with E-state index in [1.54, 1.807) is 0 Å². The molecule has 2 fully saturated rings. The second-order valence-electron chi connectivity index (χ2n) is 7.08. The molecule has 0 spiro atoms. The summed E-state index contributed by atoms with van der Waals surface area (Å²) in [4.78, 5) is 0. The van der Waals surface area contributed by atoms with Gasteiger partial charge in [-0.2, -0.15) is 0 Å². The van der Waals surface area contributed by atoms with Gasteiger partial charge in [-0.3, -0.25) is 0 Å². The van der Waals surface area contributed by atoms with E-state index >= 15 is 0 Å². The van der Waals surface area contributed by atoms with Gasteiger partial charge in [0.15, 0.2) is 12.6 Å². The van der Waals surface area contributed by atoms with E-state index in [9.17, 15) is 35.7 Å². The number of hydrogen-bond donors (Lipinski definition) is 8. The van der Waals surface area contributed by atoms with E-state index in [0.29, 0.717) is 0 Å². The highest BCUT2D eigenvalue weighted by Gasteiger charge is 2.50. The molecule has 2 aliphatic rings. The highest BCUT2D eigenvalue weighted by atomic mass is 16.7. The van der Waals surface area contributed by atoms with Crippen molar-refractivity contribution in [3.63, 3.8) is 0 Å². The lowest BCUT2D eigenvalue weighted by molar-refractivity contribution is -0.360. The fourth-order valence-electron chi connectivity index (χ4n) is 3.10. The third-order valence-corrected chi connectivity index (χ3v) is 4.99. The smallest absolute Gasteiger partial charge is 0.187 e. The number of hydrogen-bond acceptors (Lipinski definition) is 12. The fraction of sp³-hybridized carbons (Fsp3) is 1.00. The molecule has 28 heavy (non-hydrogen) atoms. The van der Waals surface area contributed by atoms with Crippen LogP contribution in [0.5, 0.6) is 0 Å². The Morgan fingerprint density at radius 3 is 1.89 bits per heavy atom. The minimum atomic E-state index is -1.65. The van der Waals surface area contributed by atoms with Gasteiger partial charge in [0.05, 0.1) is 25.4 Å². The predicted octanol–water partition coefficient (Wildman–Crippen LogP) is -4.60. The van der Waals surface area contributed by atoms with Crippen molar-refractivity contribution >= 4 is 0 Å². The quantitative estimate of drug-likeness (QED) is 0.199. The Labute approximate surface area is 161 Å². The topological polar surface area (TPSA) is 199 Å². The van der Waals surface area contributed by atoms with Crippen LogP contribution in [-0.4, -0.2) is 128 Å². The molecule has 0 aromatic carbocycles. The molecule has 2 saturated heterocycles. The van der Waals surface area contributed by atoms with Gasteiger partial charge in [0.2, 0.25) is 0 Å². The lowest BCUT2D eigenvalue weighted by Gasteiger charge is -2.46. The van der Waals surface area contributed by atoms with Crippen molar-refractivity contribution in [1.82, 2.24) is 0 Å². The average molecular weight is 414 g/mol. The normalized spacial score (nSPS) is 46.9. The van der Waals surface area contributed by atoms with Gasteiger partial charge in [0, 0.05) is 0 Å². The average Bonchev–Trinajstić information content (AvgIpc) is 2.68. The van der Waals surface area contributed by atoms with Gasteiger partial charge in [-0.1, -0.05) is 0 Å². The minimum absolute atomic E-state index is 0.678. The summed E-state index contributed by atoms with van der Waals surface area (Å²) in [6, 6.07) is 0. The van der Waals surface area contributed by atoms with Crippen molar-refractivity contribution in [2.45, 2.75) is 87.5 Å². The first-order valence-corrected chi connectivity index (χ1v) is 9.04. The lowest BCUT2D eigenvalue weighted by Crippen LogP contribution is -2.63. The van der Waals surface area contributed by atoms with Gasteiger partial charge in [-0.05, 0) is 13.8 Å². The highest BCUT2D eigenvalue weighted by molar-refractivity contribution is 4.93. The molecule has 12 atom stereocenters. The Morgan fingerprint density at radius 1 is 0.750 bits per heavy atom. The summed E-state index contributed by atoms with van der Waals surface area (Å²) >= 11 is 0. The zero-order chi connectivity index (χ0) is 21.2. The van der Waals surface area contributed by atoms with Crippen molar-refractivity contribution in [2.24, 2.45) is 0 Å². The maximum atomic E-state index is 10.5. The molecule has 2 aliphatic heterocycles. The van der Waals surface area contributed by atoms with Crippen LogP contribution in [0.25, 0.3) is 0 Å². The monoisotopic (exact) mass is 414 g/mol. The first-order chi connectivity index (χ1) is 13.1. The van der Waals surface area contributed by atoms with Crippen molar-refractivity contribution in [1.29, 1.82) is 0 Å². The van der Waals surface area contributed by atoms with E-state index < -0.39 is 86.8 Å². The van der Waals surface area contributed by atoms with Gasteiger partial charge >= 0.3 is 0 Å². The third kappa shape index (κ3) is 4.98. The van der Waals surface area contributed by atoms with Crippen LogP contribution in [0, 0.1) is 0 Å². The summed E-state index contributed by atoms with van der Waals surface area (Å²) in [7, 11) is 0. The first-order valence-electron chi connectivity index (χ1n) is 9.04. The molecular formula is C16H30O12. The number of ether oxygens (including phenoxy) is 4. The van der Waals surface area contributed by atoms with Crippen molar-refractivity contribution in [3.8, 4) is 0 Å². The molecule has 2 heterocycles. The molecule has 0 amide bonds. The Balaban J connectivity index is 2.11. The minimum Gasteiger partial charge on any atom is -0.394 e. The maximum Gasteiger partial charge on any atom is 0.187 e. The molecule has 8 N–H and O–H groups in total. The zero-order valence-corrected chi connectivity index (χ0v) is 15.6. The summed E-state index contributed by atoms with van der Waals surface area (Å²) in [5.41, 5.74) is 0. The fourth-order valence-corrected chi connectivity index (χ4v) is 3.10. The van der Waals surface area contributed by atoms with E-state index in [1.807, 2.05) is 0 Å². The summed E-state index contributed by atoms with van der Waals surface area (Å²) in [5.74, 6) is 0. The molecule has 0 radical (unpaired) electrons. The van der Waals surface area contributed by atoms with E-state index in [1.165, 1.54) is 13.8 Å². The molecule has 0 aliphatic carbocycles. The van der Waals surface area contributed by atoms with Crippen LogP contribution in [0.15, 0.2) is 0 Å². The predicted molar refractivity (Wildman–Crippen MR) is 88.6 cm³/mol. The van der Waals surface area contributed by atoms with Gasteiger partial charge in [-0.25, -0.2) is 0 Å². The Bertz CT molecular complexity index is 481. The van der Waals surface area contributed by atoms with E-state index in [4.69, 9.17) is 24.1 Å². The molecule has 0 aromatic heterocycles. The molecule has 0 bridgehead atoms. The standard InChI is InChI=1S/C16H30O12/c1-5-9(20)11(22)12(23)15(25-5)28-14-10(21)6(2)26-16(13(14)24)27-8(4-18)7(19)3-17/h5-24H,3-4H2,1-2H3/t5-,6-,7-,8-,9-,10-,11+,12+,13+,14+,15?,16-/m1/s1. The zero-order valence-electron chi connectivity index (χ0n) is 15.6. The molecule has 2 rings (SSSR count). The van der Waals surface area contributed by atoms with E-state index in [2.05, 4.69) is 0 Å². The van der Waals surface area contributed by atoms with E-state index in [-0.39, 0.29) is 0 Å². The molecular weight excluding hydrogens is 384 g/mol. The number of aliphatic hydroxyl groups is 8.